The van der Waals surface area contributed by atoms with Crippen LogP contribution in [0.2, 0.25) is 0 Å². The molecule has 0 aliphatic heterocycles. The molecule has 4 unspecified atom stereocenters. The van der Waals surface area contributed by atoms with E-state index in [1.807, 2.05) is 85.8 Å². The van der Waals surface area contributed by atoms with E-state index in [0.717, 1.165) is 107 Å². The Labute approximate surface area is 818 Å². The maximum absolute atomic E-state index is 8.76. The Hall–Kier alpha value is -11.0. The van der Waals surface area contributed by atoms with Crippen molar-refractivity contribution in [2.24, 2.45) is 0 Å². The van der Waals surface area contributed by atoms with Crippen LogP contribution in [0.4, 0.5) is 0 Å². The summed E-state index contributed by atoms with van der Waals surface area (Å²) in [7, 11) is 0. The zero-order valence-electron chi connectivity index (χ0n) is 109. The fraction of sp³-hybridized carbons (Fsp3) is 0.243. The van der Waals surface area contributed by atoms with Gasteiger partial charge in [-0.1, -0.05) is 168 Å². The summed E-state index contributed by atoms with van der Waals surface area (Å²) in [5, 5.41) is 4.29. The monoisotopic (exact) mass is 2180 g/mol. The van der Waals surface area contributed by atoms with Crippen molar-refractivity contribution in [3.8, 4) is 67.5 Å². The molecule has 0 aliphatic rings. The van der Waals surface area contributed by atoms with Gasteiger partial charge in [0.25, 0.3) is 0 Å². The number of fused-ring (bicyclic) bond motifs is 9. The smallest absolute Gasteiger partial charge is 0.216 e. The van der Waals surface area contributed by atoms with Gasteiger partial charge in [-0.2, -0.15) is 0 Å². The molecule has 6 aromatic carbocycles. The Morgan fingerprint density at radius 1 is 0.287 bits per heavy atom. The van der Waals surface area contributed by atoms with Crippen LogP contribution in [0.5, 0.6) is 0 Å². The van der Waals surface area contributed by atoms with Crippen LogP contribution in [0.1, 0.15) is 254 Å². The van der Waals surface area contributed by atoms with E-state index in [1.54, 1.807) is 106 Å². The number of furan rings is 3. The van der Waals surface area contributed by atoms with Crippen LogP contribution < -0.4 is 0 Å². The average molecular weight is 2180 g/mol. The van der Waals surface area contributed by atoms with E-state index in [-0.39, 0.29) is 111 Å². The second-order valence-corrected chi connectivity index (χ2v) is 27.4. The molecule has 12 heterocycles. The Balaban J connectivity index is 0.000000203. The van der Waals surface area contributed by atoms with E-state index >= 15 is 0 Å². The summed E-state index contributed by atoms with van der Waals surface area (Å²) in [6.07, 6.45) is 8.62. The van der Waals surface area contributed by atoms with Gasteiger partial charge in [0.15, 0.2) is 0 Å². The first-order chi connectivity index (χ1) is 73.9. The minimum atomic E-state index is -3.41. The molecule has 12 nitrogen and oxygen atoms in total. The van der Waals surface area contributed by atoms with Crippen molar-refractivity contribution >= 4 is 66.2 Å². The molecule has 4 atom stereocenters. The molecule has 122 heavy (non-hydrogen) atoms. The van der Waals surface area contributed by atoms with E-state index in [2.05, 4.69) is 81.3 Å². The van der Waals surface area contributed by atoms with Crippen LogP contribution in [-0.2, 0) is 60.3 Å². The summed E-state index contributed by atoms with van der Waals surface area (Å²) in [5.41, 5.74) is 8.16. The summed E-state index contributed by atoms with van der Waals surface area (Å²) in [6, 6.07) is 69.4. The van der Waals surface area contributed by atoms with E-state index in [1.165, 1.54) is 38.4 Å². The van der Waals surface area contributed by atoms with Crippen LogP contribution in [0.3, 0.4) is 0 Å². The van der Waals surface area contributed by atoms with Crippen LogP contribution in [-0.4, -0.2) is 44.9 Å². The van der Waals surface area contributed by atoms with Crippen molar-refractivity contribution in [2.45, 2.75) is 173 Å². The van der Waals surface area contributed by atoms with Crippen molar-refractivity contribution in [3.63, 3.8) is 0 Å². The van der Waals surface area contributed by atoms with Gasteiger partial charge in [0, 0.05) is 189 Å². The van der Waals surface area contributed by atoms with Gasteiger partial charge in [0.05, 0.1) is 16.7 Å². The molecular weight excluding hydrogens is 2040 g/mol. The third-order valence-electron chi connectivity index (χ3n) is 18.8. The Bertz CT molecular complexity index is 8300. The number of nitrogens with zero attached hydrogens (tertiary/aromatic N) is 9. The Kier molecular flexibility index (Phi) is 17.7. The Morgan fingerprint density at radius 2 is 0.639 bits per heavy atom. The molecule has 0 spiro atoms. The first-order valence-corrected chi connectivity index (χ1v) is 36.9. The van der Waals surface area contributed by atoms with Gasteiger partial charge in [0.1, 0.15) is 0 Å². The number of aryl methyl sites for hydroxylation is 8. The zero-order chi connectivity index (χ0) is 120. The van der Waals surface area contributed by atoms with Gasteiger partial charge in [-0.05, 0) is 211 Å². The zero-order valence-corrected chi connectivity index (χ0v) is 73.8. The topological polar surface area (TPSA) is 155 Å². The van der Waals surface area contributed by atoms with E-state index in [0.29, 0.717) is 83.4 Å². The third kappa shape index (κ3) is 21.7. The molecule has 15 heteroatoms. The Morgan fingerprint density at radius 3 is 1.04 bits per heavy atom. The number of pyridine rings is 9. The van der Waals surface area contributed by atoms with Gasteiger partial charge in [0.2, 0.25) is 17.1 Å². The summed E-state index contributed by atoms with van der Waals surface area (Å²) in [6.45, 7) is -22.8. The minimum absolute atomic E-state index is 0. The maximum Gasteiger partial charge on any atom is 0.216 e. The predicted octanol–water partition coefficient (Wildman–Crippen LogP) is 28.4. The fourth-order valence-corrected chi connectivity index (χ4v) is 12.6. The summed E-state index contributed by atoms with van der Waals surface area (Å²) >= 11 is 0. The van der Waals surface area contributed by atoms with E-state index < -0.39 is 140 Å². The largest absolute Gasteiger partial charge is 0.486 e. The van der Waals surface area contributed by atoms with Crippen molar-refractivity contribution in [2.75, 3.05) is 0 Å². The summed E-state index contributed by atoms with van der Waals surface area (Å²) < 4.78 is 348. The van der Waals surface area contributed by atoms with Crippen LogP contribution >= 0.6 is 0 Å². The van der Waals surface area contributed by atoms with Gasteiger partial charge in [-0.3, -0.25) is 0 Å². The molecule has 18 aromatic rings. The van der Waals surface area contributed by atoms with Crippen LogP contribution in [0.15, 0.2) is 239 Å². The maximum atomic E-state index is 8.76. The number of rotatable bonds is 12. The molecule has 18 rings (SSSR count). The minimum Gasteiger partial charge on any atom is -0.486 e. The predicted molar refractivity (Wildman–Crippen MR) is 489 cm³/mol. The number of benzene rings is 6. The molecule has 0 amide bonds. The molecule has 0 saturated heterocycles. The molecule has 0 bridgehead atoms. The van der Waals surface area contributed by atoms with Gasteiger partial charge in [-0.25, -0.2) is 15.0 Å². The van der Waals surface area contributed by atoms with Crippen molar-refractivity contribution < 1.29 is 131 Å². The van der Waals surface area contributed by atoms with Crippen LogP contribution in [0, 0.1) is 91.5 Å². The first kappa shape index (κ1) is 51.2. The standard InChI is InChI=1S/C23H23N2O.C22H21N2O.C21H19N2O.C15H16N.2C13H12N.3Ir/c1-13(2)19-11-21(24-12-20(19)14(3)4)18-8-6-7-16-17-10-9-15(5)25-23(17)26-22(16)18;1-13(2)18-11-20(24-12-19(18)14(3)4)17-8-5-7-15-16-9-6-10-23-22(16)25-21(15)17;1-12(2)18-11-22-19(10-13(18)3)17-7-5-6-15-16-9-8-14(4)23-21(16)24-20(15)17;1-11(2)14-9-15(16-10-12(14)3)13-7-5-4-6-8-13;2*1-10-8-13(14-9-11(10)2)12-6-4-3-5-7-12;;;/h6-7,9-14H,1-5H3;5-7,9-14H,1-4H3;5-6,8-12H,1-4H3;4-7,9-11H,1-3H3;2*3-6,8-9H,1-2H3;;;/q6*-1;;;/i2*1D3,2D3,3D3,13D,14D;1D3,3D3,12D;1D3,3D3,11D;2*2D3;;;. The van der Waals surface area contributed by atoms with Crippen molar-refractivity contribution in [3.05, 3.63) is 340 Å². The van der Waals surface area contributed by atoms with Gasteiger partial charge >= 0.3 is 0 Å². The average Bonchev–Trinajstić information content (AvgIpc) is 0.806. The first-order valence-electron chi connectivity index (χ1n) is 57.9. The number of hydrogen-bond acceptors (Lipinski definition) is 12. The second kappa shape index (κ2) is 42.2. The van der Waals surface area contributed by atoms with E-state index in [9.17, 15) is 0 Å². The summed E-state index contributed by atoms with van der Waals surface area (Å²) in [4.78, 5) is 38.3. The molecule has 12 aromatic heterocycles. The third-order valence-corrected chi connectivity index (χ3v) is 18.8. The molecule has 0 N–H and O–H groups in total. The van der Waals surface area contributed by atoms with Gasteiger partial charge in [-0.15, -0.1) is 162 Å². The molecule has 627 valence electrons. The van der Waals surface area contributed by atoms with Gasteiger partial charge < -0.3 is 43.2 Å². The normalized spacial score (nSPS) is 19.4. The molecule has 0 saturated carbocycles. The van der Waals surface area contributed by atoms with Crippen LogP contribution in [0.25, 0.3) is 134 Å². The molecule has 0 fully saturated rings. The van der Waals surface area contributed by atoms with E-state index in [4.69, 9.17) is 70.8 Å². The second-order valence-electron chi connectivity index (χ2n) is 27.4. The number of hydrogen-bond donors (Lipinski definition) is 0. The molecule has 0 aliphatic carbocycles. The van der Waals surface area contributed by atoms with Crippen molar-refractivity contribution in [1.29, 1.82) is 0 Å². The van der Waals surface area contributed by atoms with Crippen molar-refractivity contribution in [1.82, 2.24) is 44.9 Å². The quantitative estimate of drug-likeness (QED) is 0.107. The summed E-state index contributed by atoms with van der Waals surface area (Å²) in [5.74, 6) is -15.7. The SMILES string of the molecule is [2H]C([2H])([2H])C([2H])(C)c1cnc(-c2[c-]ccc3c2oc2nc(C)ccc23)cc1C([2H])(C([2H])([2H])[2H])C([2H])([2H])[2H].[2H]C([2H])([2H])C([2H])(C)c1cnc(-c2[c-]ccc3c2oc2ncccc23)cc1C([2H])(C([2H])([2H])[2H])C([2H])([2H])[2H].[2H]C([2H])([2H])c1cc(-c2[c-]ccc3c2oc2nc(C)ccc23)ncc1C([2H])(C)C([2H])([2H])[2H].[2H]C([2H])([2H])c1cnc(-c2[c-]cccc2)cc1C.[2H]C([2H])([2H])c1cnc(-c2[c-]cccc2)cc1C.[2H]C([2H])([2H])c1cnc(-c2[c-]cccc2)cc1C([2H])(C)C([2H])([2H])[2H].[Ir].[Ir].[Ir]. The molecular formula is C107H103Ir3N9O3-6. The fourth-order valence-electron chi connectivity index (χ4n) is 12.6. The molecule has 3 radical (unpaired) electrons. The number of aromatic nitrogens is 9.